The number of methoxy groups -OCH3 is 1. The Morgan fingerprint density at radius 2 is 1.86 bits per heavy atom. The zero-order chi connectivity index (χ0) is 24.9. The van der Waals surface area contributed by atoms with Crippen molar-refractivity contribution in [3.05, 3.63) is 71.2 Å². The van der Waals surface area contributed by atoms with Gasteiger partial charge < -0.3 is 20.3 Å². The highest BCUT2D eigenvalue weighted by atomic mass is 19.1. The molecular weight excluding hydrogens is 459 g/mol. The molecule has 0 spiro atoms. The van der Waals surface area contributed by atoms with E-state index in [1.807, 2.05) is 0 Å². The first-order valence-electron chi connectivity index (χ1n) is 11.6. The maximum Gasteiger partial charge on any atom is 0.213 e. The van der Waals surface area contributed by atoms with Gasteiger partial charge in [-0.3, -0.25) is 4.98 Å². The van der Waals surface area contributed by atoms with E-state index in [2.05, 4.69) is 15.3 Å². The third-order valence-electron chi connectivity index (χ3n) is 6.54. The SMILES string of the molecule is COc1ccc2ncc(F)c([C@@H](O)[C@H](O)[C@H]3CC[C@H](NC/C=C/c4cc(F)ccc4F)CC3)c2n1. The average molecular weight is 488 g/mol. The molecule has 2 atom stereocenters. The first kappa shape index (κ1) is 25.1. The third-order valence-corrected chi connectivity index (χ3v) is 6.54. The molecular formula is C26H28F3N3O3. The van der Waals surface area contributed by atoms with Crippen LogP contribution >= 0.6 is 0 Å². The van der Waals surface area contributed by atoms with Gasteiger partial charge in [-0.25, -0.2) is 18.2 Å². The van der Waals surface area contributed by atoms with Gasteiger partial charge >= 0.3 is 0 Å². The molecule has 1 aromatic carbocycles. The normalized spacial score (nSPS) is 20.3. The minimum atomic E-state index is -1.46. The van der Waals surface area contributed by atoms with Crippen LogP contribution in [0.15, 0.2) is 42.6 Å². The number of pyridine rings is 2. The second-order valence-corrected chi connectivity index (χ2v) is 8.76. The highest BCUT2D eigenvalue weighted by molar-refractivity contribution is 5.78. The summed E-state index contributed by atoms with van der Waals surface area (Å²) in [7, 11) is 1.44. The predicted molar refractivity (Wildman–Crippen MR) is 126 cm³/mol. The van der Waals surface area contributed by atoms with Crippen LogP contribution in [0.5, 0.6) is 5.88 Å². The lowest BCUT2D eigenvalue weighted by Crippen LogP contribution is -2.38. The molecule has 1 aliphatic carbocycles. The molecule has 4 rings (SSSR count). The Labute approximate surface area is 201 Å². The number of nitrogens with one attached hydrogen (secondary N) is 1. The molecule has 1 fully saturated rings. The number of hydrogen-bond donors (Lipinski definition) is 3. The van der Waals surface area contributed by atoms with Crippen LogP contribution in [0.2, 0.25) is 0 Å². The van der Waals surface area contributed by atoms with Gasteiger partial charge in [0.05, 0.1) is 24.9 Å². The number of halogens is 3. The van der Waals surface area contributed by atoms with Crippen molar-refractivity contribution in [2.24, 2.45) is 5.92 Å². The monoisotopic (exact) mass is 487 g/mol. The van der Waals surface area contributed by atoms with E-state index in [-0.39, 0.29) is 34.5 Å². The van der Waals surface area contributed by atoms with Crippen LogP contribution in [0.25, 0.3) is 17.1 Å². The fourth-order valence-electron chi connectivity index (χ4n) is 4.60. The molecule has 0 unspecified atom stereocenters. The van der Waals surface area contributed by atoms with Gasteiger partial charge in [-0.1, -0.05) is 12.2 Å². The smallest absolute Gasteiger partial charge is 0.213 e. The molecule has 1 aliphatic rings. The number of aromatic nitrogens is 2. The molecule has 0 radical (unpaired) electrons. The molecule has 3 aromatic rings. The molecule has 9 heteroatoms. The highest BCUT2D eigenvalue weighted by Crippen LogP contribution is 2.35. The van der Waals surface area contributed by atoms with Crippen LogP contribution in [0.4, 0.5) is 13.2 Å². The van der Waals surface area contributed by atoms with Crippen molar-refractivity contribution >= 4 is 17.1 Å². The summed E-state index contributed by atoms with van der Waals surface area (Å²) in [5.74, 6) is -1.67. The van der Waals surface area contributed by atoms with Gasteiger partial charge in [-0.05, 0) is 55.9 Å². The van der Waals surface area contributed by atoms with E-state index in [0.717, 1.165) is 37.2 Å². The lowest BCUT2D eigenvalue weighted by molar-refractivity contribution is -0.0315. The van der Waals surface area contributed by atoms with Gasteiger partial charge in [0.1, 0.15) is 29.1 Å². The lowest BCUT2D eigenvalue weighted by Gasteiger charge is -2.34. The van der Waals surface area contributed by atoms with E-state index >= 15 is 0 Å². The molecule has 1 saturated carbocycles. The Hall–Kier alpha value is -3.01. The summed E-state index contributed by atoms with van der Waals surface area (Å²) in [6, 6.07) is 6.71. The number of ether oxygens (including phenoxy) is 1. The van der Waals surface area contributed by atoms with Crippen LogP contribution in [0.3, 0.4) is 0 Å². The quantitative estimate of drug-likeness (QED) is 0.439. The van der Waals surface area contributed by atoms with Gasteiger partial charge in [0.15, 0.2) is 0 Å². The minimum Gasteiger partial charge on any atom is -0.481 e. The summed E-state index contributed by atoms with van der Waals surface area (Å²) in [6.07, 6.45) is 4.45. The molecule has 2 heterocycles. The Morgan fingerprint density at radius 1 is 1.09 bits per heavy atom. The number of fused-ring (bicyclic) bond motifs is 1. The van der Waals surface area contributed by atoms with Crippen molar-refractivity contribution in [1.82, 2.24) is 15.3 Å². The summed E-state index contributed by atoms with van der Waals surface area (Å²) in [5, 5.41) is 25.1. The second-order valence-electron chi connectivity index (χ2n) is 8.76. The van der Waals surface area contributed by atoms with Crippen molar-refractivity contribution in [3.63, 3.8) is 0 Å². The largest absolute Gasteiger partial charge is 0.481 e. The van der Waals surface area contributed by atoms with Gasteiger partial charge in [-0.15, -0.1) is 0 Å². The molecule has 0 bridgehead atoms. The molecule has 2 aromatic heterocycles. The first-order valence-corrected chi connectivity index (χ1v) is 11.6. The number of benzene rings is 1. The van der Waals surface area contributed by atoms with Gasteiger partial charge in [0.25, 0.3) is 0 Å². The number of hydrogen-bond acceptors (Lipinski definition) is 6. The summed E-state index contributed by atoms with van der Waals surface area (Å²) < 4.78 is 46.7. The van der Waals surface area contributed by atoms with E-state index in [1.54, 1.807) is 18.2 Å². The summed E-state index contributed by atoms with van der Waals surface area (Å²) in [4.78, 5) is 8.24. The summed E-state index contributed by atoms with van der Waals surface area (Å²) >= 11 is 0. The molecule has 186 valence electrons. The van der Waals surface area contributed by atoms with Crippen LogP contribution in [0.1, 0.15) is 42.9 Å². The van der Waals surface area contributed by atoms with Crippen molar-refractivity contribution in [2.45, 2.75) is 43.9 Å². The highest BCUT2D eigenvalue weighted by Gasteiger charge is 2.33. The molecule has 0 aliphatic heterocycles. The Kier molecular flexibility index (Phi) is 8.00. The molecule has 35 heavy (non-hydrogen) atoms. The van der Waals surface area contributed by atoms with Crippen molar-refractivity contribution in [1.29, 1.82) is 0 Å². The first-order chi connectivity index (χ1) is 16.9. The van der Waals surface area contributed by atoms with Gasteiger partial charge in [0, 0.05) is 29.8 Å². The van der Waals surface area contributed by atoms with Gasteiger partial charge in [-0.2, -0.15) is 0 Å². The molecule has 0 amide bonds. The number of rotatable bonds is 8. The van der Waals surface area contributed by atoms with Crippen molar-refractivity contribution < 1.29 is 28.1 Å². The van der Waals surface area contributed by atoms with E-state index in [9.17, 15) is 23.4 Å². The van der Waals surface area contributed by atoms with Crippen LogP contribution in [-0.2, 0) is 0 Å². The van der Waals surface area contributed by atoms with Crippen LogP contribution < -0.4 is 10.1 Å². The zero-order valence-electron chi connectivity index (χ0n) is 19.3. The summed E-state index contributed by atoms with van der Waals surface area (Å²) in [6.45, 7) is 0.484. The van der Waals surface area contributed by atoms with E-state index in [1.165, 1.54) is 13.2 Å². The molecule has 3 N–H and O–H groups in total. The van der Waals surface area contributed by atoms with Crippen LogP contribution in [-0.4, -0.2) is 46.0 Å². The van der Waals surface area contributed by atoms with Crippen molar-refractivity contribution in [2.75, 3.05) is 13.7 Å². The standard InChI is InChI=1S/C26H28F3N3O3/c1-35-22-11-10-21-24(32-22)23(20(29)14-31-21)26(34)25(33)15-4-7-18(8-5-15)30-12-2-3-16-13-17(27)6-9-19(16)28/h2-3,6,9-11,13-15,18,25-26,30,33-34H,4-5,7-8,12H2,1H3/b3-2+/t15-,18-,25-,26-/m1/s1. The average Bonchev–Trinajstić information content (AvgIpc) is 2.87. The third kappa shape index (κ3) is 5.80. The predicted octanol–water partition coefficient (Wildman–Crippen LogP) is 4.31. The Bertz CT molecular complexity index is 1200. The lowest BCUT2D eigenvalue weighted by atomic mass is 9.80. The second kappa shape index (κ2) is 11.2. The summed E-state index contributed by atoms with van der Waals surface area (Å²) in [5.41, 5.74) is 0.660. The Morgan fingerprint density at radius 3 is 2.60 bits per heavy atom. The van der Waals surface area contributed by atoms with E-state index < -0.39 is 29.7 Å². The minimum absolute atomic E-state index is 0.0867. The Balaban J connectivity index is 1.34. The number of aliphatic hydroxyl groups is 2. The van der Waals surface area contributed by atoms with Crippen molar-refractivity contribution in [3.8, 4) is 5.88 Å². The van der Waals surface area contributed by atoms with E-state index in [4.69, 9.17) is 4.74 Å². The maximum atomic E-state index is 14.7. The number of nitrogens with zero attached hydrogens (tertiary/aromatic N) is 2. The van der Waals surface area contributed by atoms with Crippen LogP contribution in [0, 0.1) is 23.4 Å². The maximum absolute atomic E-state index is 14.7. The molecule has 0 saturated heterocycles. The zero-order valence-corrected chi connectivity index (χ0v) is 19.3. The number of aliphatic hydroxyl groups excluding tert-OH is 2. The fraction of sp³-hybridized carbons (Fsp3) is 0.385. The van der Waals surface area contributed by atoms with E-state index in [0.29, 0.717) is 24.9 Å². The topological polar surface area (TPSA) is 87.5 Å². The fourth-order valence-corrected chi connectivity index (χ4v) is 4.60. The van der Waals surface area contributed by atoms with Gasteiger partial charge in [0.2, 0.25) is 5.88 Å². The molecule has 6 nitrogen and oxygen atoms in total.